The lowest BCUT2D eigenvalue weighted by Gasteiger charge is -2.33. The fraction of sp³-hybridized carbons (Fsp3) is 0.500. The van der Waals surface area contributed by atoms with Gasteiger partial charge in [-0.3, -0.25) is 4.79 Å². The minimum Gasteiger partial charge on any atom is -0.488 e. The zero-order valence-corrected chi connectivity index (χ0v) is 15.5. The second kappa shape index (κ2) is 9.97. The molecule has 1 aliphatic heterocycles. The van der Waals surface area contributed by atoms with Gasteiger partial charge in [-0.25, -0.2) is 4.79 Å². The van der Waals surface area contributed by atoms with Crippen LogP contribution in [0.15, 0.2) is 41.7 Å². The monoisotopic (exact) mass is 362 g/mol. The van der Waals surface area contributed by atoms with E-state index in [4.69, 9.17) is 18.9 Å². The molecule has 0 amide bonds. The Labute approximate surface area is 154 Å². The van der Waals surface area contributed by atoms with E-state index in [-0.39, 0.29) is 12.6 Å². The van der Waals surface area contributed by atoms with Crippen molar-refractivity contribution in [3.8, 4) is 0 Å². The van der Waals surface area contributed by atoms with Crippen molar-refractivity contribution in [2.75, 3.05) is 13.2 Å². The van der Waals surface area contributed by atoms with Gasteiger partial charge in [-0.05, 0) is 25.8 Å². The molecule has 0 spiro atoms. The third-order valence-electron chi connectivity index (χ3n) is 4.08. The molecule has 0 unspecified atom stereocenters. The Bertz CT molecular complexity index is 637. The third kappa shape index (κ3) is 5.88. The maximum atomic E-state index is 11.9. The van der Waals surface area contributed by atoms with Crippen LogP contribution < -0.4 is 0 Å². The molecule has 26 heavy (non-hydrogen) atoms. The molecule has 1 saturated heterocycles. The molecule has 0 radical (unpaired) electrons. The number of hydrogen-bond acceptors (Lipinski definition) is 6. The Morgan fingerprint density at radius 1 is 1.19 bits per heavy atom. The fourth-order valence-corrected chi connectivity index (χ4v) is 2.76. The molecule has 0 aromatic heterocycles. The molecule has 2 rings (SSSR count). The Hall–Kier alpha value is -2.34. The van der Waals surface area contributed by atoms with E-state index in [1.165, 1.54) is 6.92 Å². The molecule has 1 fully saturated rings. The summed E-state index contributed by atoms with van der Waals surface area (Å²) < 4.78 is 22.1. The summed E-state index contributed by atoms with van der Waals surface area (Å²) in [4.78, 5) is 23.3. The summed E-state index contributed by atoms with van der Waals surface area (Å²) in [6.45, 7) is 5.81. The molecule has 0 saturated carbocycles. The molecule has 0 aliphatic carbocycles. The average molecular weight is 362 g/mol. The maximum Gasteiger partial charge on any atom is 0.337 e. The molecule has 1 heterocycles. The minimum absolute atomic E-state index is 0.256. The molecule has 1 aromatic rings. The number of benzene rings is 1. The van der Waals surface area contributed by atoms with Crippen LogP contribution in [0.2, 0.25) is 0 Å². The van der Waals surface area contributed by atoms with Gasteiger partial charge in [-0.15, -0.1) is 0 Å². The van der Waals surface area contributed by atoms with Gasteiger partial charge in [-0.2, -0.15) is 0 Å². The van der Waals surface area contributed by atoms with Gasteiger partial charge in [-0.1, -0.05) is 30.3 Å². The van der Waals surface area contributed by atoms with Crippen molar-refractivity contribution >= 4 is 11.9 Å². The van der Waals surface area contributed by atoms with Crippen LogP contribution in [0.4, 0.5) is 0 Å². The van der Waals surface area contributed by atoms with Crippen LogP contribution >= 0.6 is 0 Å². The summed E-state index contributed by atoms with van der Waals surface area (Å²) in [5.41, 5.74) is 1.49. The molecule has 6 heteroatoms. The van der Waals surface area contributed by atoms with Gasteiger partial charge in [0.05, 0.1) is 25.4 Å². The Morgan fingerprint density at radius 2 is 1.92 bits per heavy atom. The van der Waals surface area contributed by atoms with Crippen molar-refractivity contribution in [2.24, 2.45) is 0 Å². The second-order valence-electron chi connectivity index (χ2n) is 6.11. The van der Waals surface area contributed by atoms with Crippen LogP contribution in [-0.4, -0.2) is 37.4 Å². The zero-order chi connectivity index (χ0) is 18.9. The van der Waals surface area contributed by atoms with Gasteiger partial charge in [0.1, 0.15) is 11.9 Å². The van der Waals surface area contributed by atoms with E-state index >= 15 is 0 Å². The predicted octanol–water partition coefficient (Wildman–Crippen LogP) is 3.15. The van der Waals surface area contributed by atoms with Crippen molar-refractivity contribution in [2.45, 2.75) is 52.4 Å². The maximum absolute atomic E-state index is 11.9. The van der Waals surface area contributed by atoms with Crippen LogP contribution in [0, 0.1) is 0 Å². The molecular formula is C20H26O6. The van der Waals surface area contributed by atoms with E-state index in [1.807, 2.05) is 30.3 Å². The normalized spacial score (nSPS) is 21.5. The summed E-state index contributed by atoms with van der Waals surface area (Å²) >= 11 is 0. The lowest BCUT2D eigenvalue weighted by molar-refractivity contribution is -0.161. The Kier molecular flexibility index (Phi) is 7.66. The highest BCUT2D eigenvalue weighted by molar-refractivity contribution is 5.88. The first-order chi connectivity index (χ1) is 12.5. The quantitative estimate of drug-likeness (QED) is 0.548. The van der Waals surface area contributed by atoms with E-state index in [2.05, 4.69) is 0 Å². The first kappa shape index (κ1) is 20.0. The lowest BCUT2D eigenvalue weighted by Crippen LogP contribution is -2.40. The largest absolute Gasteiger partial charge is 0.488 e. The number of carbonyl (C=O) groups excluding carboxylic acids is 2. The number of esters is 2. The van der Waals surface area contributed by atoms with Gasteiger partial charge in [0.25, 0.3) is 0 Å². The highest BCUT2D eigenvalue weighted by Crippen LogP contribution is 2.28. The van der Waals surface area contributed by atoms with Gasteiger partial charge >= 0.3 is 11.9 Å². The topological polar surface area (TPSA) is 71.1 Å². The number of rotatable bonds is 7. The fourth-order valence-electron chi connectivity index (χ4n) is 2.76. The Balaban J connectivity index is 2.02. The van der Waals surface area contributed by atoms with E-state index < -0.39 is 18.2 Å². The summed E-state index contributed by atoms with van der Waals surface area (Å²) in [6.07, 6.45) is 0.223. The average Bonchev–Trinajstić information content (AvgIpc) is 2.63. The van der Waals surface area contributed by atoms with E-state index in [9.17, 15) is 9.59 Å². The first-order valence-corrected chi connectivity index (χ1v) is 8.83. The smallest absolute Gasteiger partial charge is 0.337 e. The van der Waals surface area contributed by atoms with E-state index in [1.54, 1.807) is 13.8 Å². The van der Waals surface area contributed by atoms with Crippen LogP contribution in [0.5, 0.6) is 0 Å². The van der Waals surface area contributed by atoms with E-state index in [0.717, 1.165) is 5.56 Å². The van der Waals surface area contributed by atoms with Gasteiger partial charge < -0.3 is 18.9 Å². The molecule has 2 atom stereocenters. The van der Waals surface area contributed by atoms with Crippen LogP contribution in [0.25, 0.3) is 0 Å². The van der Waals surface area contributed by atoms with Crippen molar-refractivity contribution in [1.29, 1.82) is 0 Å². The van der Waals surface area contributed by atoms with E-state index in [0.29, 0.717) is 37.4 Å². The molecule has 142 valence electrons. The summed E-state index contributed by atoms with van der Waals surface area (Å²) in [5.74, 6) is -0.182. The van der Waals surface area contributed by atoms with Crippen molar-refractivity contribution < 1.29 is 28.5 Å². The standard InChI is InChI=1S/C20H26O6/c1-4-24-20(22)14(2)17-10-11-18(25-15(3)21)19(26-17)13-23-12-16-8-6-5-7-9-16/h5-9,18-19H,4,10-13H2,1-3H3/b17-14-/t18-,19+/m1/s1. The number of carbonyl (C=O) groups is 2. The van der Waals surface area contributed by atoms with Gasteiger partial charge in [0.15, 0.2) is 6.10 Å². The van der Waals surface area contributed by atoms with Crippen molar-refractivity contribution in [3.05, 3.63) is 47.2 Å². The predicted molar refractivity (Wildman–Crippen MR) is 95.1 cm³/mol. The highest BCUT2D eigenvalue weighted by Gasteiger charge is 2.33. The van der Waals surface area contributed by atoms with Crippen LogP contribution in [-0.2, 0) is 35.1 Å². The van der Waals surface area contributed by atoms with Crippen LogP contribution in [0.1, 0.15) is 39.2 Å². The highest BCUT2D eigenvalue weighted by atomic mass is 16.6. The van der Waals surface area contributed by atoms with Crippen LogP contribution in [0.3, 0.4) is 0 Å². The minimum atomic E-state index is -0.462. The summed E-state index contributed by atoms with van der Waals surface area (Å²) in [6, 6.07) is 9.78. The number of hydrogen-bond donors (Lipinski definition) is 0. The summed E-state index contributed by atoms with van der Waals surface area (Å²) in [7, 11) is 0. The van der Waals surface area contributed by atoms with Gasteiger partial charge in [0.2, 0.25) is 0 Å². The molecule has 1 aliphatic rings. The Morgan fingerprint density at radius 3 is 2.58 bits per heavy atom. The second-order valence-corrected chi connectivity index (χ2v) is 6.11. The summed E-state index contributed by atoms with van der Waals surface area (Å²) in [5, 5.41) is 0. The van der Waals surface area contributed by atoms with Crippen molar-refractivity contribution in [1.82, 2.24) is 0 Å². The molecule has 1 aromatic carbocycles. The molecule has 6 nitrogen and oxygen atoms in total. The molecule has 0 bridgehead atoms. The number of allylic oxidation sites excluding steroid dienone is 1. The molecule has 0 N–H and O–H groups in total. The lowest BCUT2D eigenvalue weighted by atomic mass is 10.0. The van der Waals surface area contributed by atoms with Crippen molar-refractivity contribution in [3.63, 3.8) is 0 Å². The zero-order valence-electron chi connectivity index (χ0n) is 15.5. The third-order valence-corrected chi connectivity index (χ3v) is 4.08. The SMILES string of the molecule is CCOC(=O)/C(C)=C1/CC[C@@H](OC(C)=O)[C@H](COCc2ccccc2)O1. The number of ether oxygens (including phenoxy) is 4. The first-order valence-electron chi connectivity index (χ1n) is 8.83. The van der Waals surface area contributed by atoms with Gasteiger partial charge in [0, 0.05) is 13.3 Å². The molecular weight excluding hydrogens is 336 g/mol.